The van der Waals surface area contributed by atoms with Crippen molar-refractivity contribution in [1.82, 2.24) is 5.32 Å². The van der Waals surface area contributed by atoms with E-state index in [1.165, 1.54) is 7.11 Å². The molecule has 0 aromatic heterocycles. The number of amides is 2. The van der Waals surface area contributed by atoms with E-state index in [0.29, 0.717) is 16.3 Å². The summed E-state index contributed by atoms with van der Waals surface area (Å²) in [4.78, 5) is 37.4. The van der Waals surface area contributed by atoms with Crippen LogP contribution in [0.1, 0.15) is 11.5 Å². The first kappa shape index (κ1) is 22.4. The second kappa shape index (κ2) is 10.2. The van der Waals surface area contributed by atoms with Crippen LogP contribution in [0.25, 0.3) is 0 Å². The fourth-order valence-corrected chi connectivity index (χ4v) is 4.26. The van der Waals surface area contributed by atoms with E-state index in [-0.39, 0.29) is 22.3 Å². The molecule has 0 unspecified atom stereocenters. The molecular formula is C22H18ClN3O4S. The molecule has 0 spiro atoms. The van der Waals surface area contributed by atoms with Crippen molar-refractivity contribution in [3.63, 3.8) is 0 Å². The molecule has 2 aromatic carbocycles. The summed E-state index contributed by atoms with van der Waals surface area (Å²) in [7, 11) is 1.19. The highest BCUT2D eigenvalue weighted by molar-refractivity contribution is 8.03. The molecule has 2 N–H and O–H groups in total. The number of esters is 1. The number of carbonyl (C=O) groups is 3. The highest BCUT2D eigenvalue weighted by Crippen LogP contribution is 2.40. The summed E-state index contributed by atoms with van der Waals surface area (Å²) in [5.74, 6) is -3.78. The Morgan fingerprint density at radius 2 is 1.87 bits per heavy atom. The molecule has 0 saturated heterocycles. The Kier molecular flexibility index (Phi) is 7.34. The summed E-state index contributed by atoms with van der Waals surface area (Å²) in [6.45, 7) is 0. The van der Waals surface area contributed by atoms with Gasteiger partial charge in [0, 0.05) is 5.92 Å². The van der Waals surface area contributed by atoms with Gasteiger partial charge in [-0.05, 0) is 17.7 Å². The second-order valence-electron chi connectivity index (χ2n) is 6.55. The number of carbonyl (C=O) groups excluding carboxylic acids is 3. The molecule has 2 aromatic rings. The molecule has 31 heavy (non-hydrogen) atoms. The molecule has 0 aliphatic carbocycles. The van der Waals surface area contributed by atoms with Crippen molar-refractivity contribution < 1.29 is 19.1 Å². The van der Waals surface area contributed by atoms with Crippen LogP contribution >= 0.6 is 23.4 Å². The number of hydrogen-bond acceptors (Lipinski definition) is 6. The molecule has 7 nitrogen and oxygen atoms in total. The number of allylic oxidation sites excluding steroid dienone is 1. The van der Waals surface area contributed by atoms with Gasteiger partial charge in [-0.3, -0.25) is 14.4 Å². The normalized spacial score (nSPS) is 18.0. The van der Waals surface area contributed by atoms with Crippen LogP contribution in [0.3, 0.4) is 0 Å². The van der Waals surface area contributed by atoms with Crippen LogP contribution in [0, 0.1) is 17.2 Å². The van der Waals surface area contributed by atoms with E-state index in [1.54, 1.807) is 54.6 Å². The Morgan fingerprint density at radius 1 is 1.19 bits per heavy atom. The predicted octanol–water partition coefficient (Wildman–Crippen LogP) is 3.45. The Morgan fingerprint density at radius 3 is 2.52 bits per heavy atom. The minimum absolute atomic E-state index is 0.0730. The smallest absolute Gasteiger partial charge is 0.319 e. The highest BCUT2D eigenvalue weighted by Gasteiger charge is 2.44. The number of benzene rings is 2. The lowest BCUT2D eigenvalue weighted by atomic mass is 9.78. The molecular weight excluding hydrogens is 438 g/mol. The third-order valence-corrected chi connectivity index (χ3v) is 5.98. The molecule has 158 valence electrons. The third-order valence-electron chi connectivity index (χ3n) is 4.64. The monoisotopic (exact) mass is 455 g/mol. The van der Waals surface area contributed by atoms with Gasteiger partial charge in [0.15, 0.2) is 0 Å². The number of ether oxygens (including phenoxy) is 1. The lowest BCUT2D eigenvalue weighted by molar-refractivity contribution is -0.150. The topological polar surface area (TPSA) is 108 Å². The van der Waals surface area contributed by atoms with Gasteiger partial charge in [0.25, 0.3) is 0 Å². The molecule has 0 bridgehead atoms. The first-order valence-corrected chi connectivity index (χ1v) is 10.6. The van der Waals surface area contributed by atoms with E-state index in [2.05, 4.69) is 16.7 Å². The average molecular weight is 456 g/mol. The summed E-state index contributed by atoms with van der Waals surface area (Å²) in [5, 5.41) is 15.8. The van der Waals surface area contributed by atoms with Crippen molar-refractivity contribution >= 4 is 46.8 Å². The van der Waals surface area contributed by atoms with E-state index in [1.807, 2.05) is 0 Å². The molecule has 1 heterocycles. The number of anilines is 1. The predicted molar refractivity (Wildman–Crippen MR) is 118 cm³/mol. The quantitative estimate of drug-likeness (QED) is 0.510. The number of nitriles is 1. The number of hydrogen-bond donors (Lipinski definition) is 2. The summed E-state index contributed by atoms with van der Waals surface area (Å²) in [5.41, 5.74) is 1.28. The molecule has 3 rings (SSSR count). The fraction of sp³-hybridized carbons (Fsp3) is 0.182. The van der Waals surface area contributed by atoms with Gasteiger partial charge < -0.3 is 15.4 Å². The first-order chi connectivity index (χ1) is 15.0. The van der Waals surface area contributed by atoms with Gasteiger partial charge in [0.05, 0.1) is 40.2 Å². The van der Waals surface area contributed by atoms with Crippen molar-refractivity contribution in [2.75, 3.05) is 18.2 Å². The summed E-state index contributed by atoms with van der Waals surface area (Å²) >= 11 is 7.06. The van der Waals surface area contributed by atoms with Crippen LogP contribution in [0.2, 0.25) is 5.02 Å². The van der Waals surface area contributed by atoms with Gasteiger partial charge in [-0.2, -0.15) is 5.26 Å². The van der Waals surface area contributed by atoms with Crippen LogP contribution in [-0.4, -0.2) is 30.6 Å². The number of thioether (sulfide) groups is 1. The Labute approximate surface area is 188 Å². The second-order valence-corrected chi connectivity index (χ2v) is 7.94. The van der Waals surface area contributed by atoms with Crippen molar-refractivity contribution in [2.45, 2.75) is 5.92 Å². The maximum atomic E-state index is 12.7. The third kappa shape index (κ3) is 5.08. The number of nitrogens with one attached hydrogen (secondary N) is 2. The summed E-state index contributed by atoms with van der Waals surface area (Å²) in [6.07, 6.45) is 0. The van der Waals surface area contributed by atoms with Gasteiger partial charge in [-0.15, -0.1) is 0 Å². The first-order valence-electron chi connectivity index (χ1n) is 9.21. The highest BCUT2D eigenvalue weighted by atomic mass is 35.5. The van der Waals surface area contributed by atoms with Gasteiger partial charge in [0.1, 0.15) is 5.92 Å². The van der Waals surface area contributed by atoms with Crippen molar-refractivity contribution in [2.24, 2.45) is 5.92 Å². The summed E-state index contributed by atoms with van der Waals surface area (Å²) < 4.78 is 4.80. The molecule has 1 aliphatic heterocycles. The molecule has 0 saturated carbocycles. The van der Waals surface area contributed by atoms with Crippen LogP contribution in [0.4, 0.5) is 5.69 Å². The SMILES string of the molecule is COC(=O)[C@@H]1C(=O)NC(SCC(=O)Nc2ccccc2Cl)=C(C#N)[C@@H]1c1ccccc1. The molecule has 1 aliphatic rings. The van der Waals surface area contributed by atoms with Crippen molar-refractivity contribution in [3.05, 3.63) is 75.8 Å². The van der Waals surface area contributed by atoms with E-state index in [4.69, 9.17) is 16.3 Å². The van der Waals surface area contributed by atoms with E-state index in [9.17, 15) is 19.6 Å². The Balaban J connectivity index is 1.87. The number of para-hydroxylation sites is 1. The number of nitrogens with zero attached hydrogens (tertiary/aromatic N) is 1. The molecule has 9 heteroatoms. The molecule has 0 radical (unpaired) electrons. The van der Waals surface area contributed by atoms with Gasteiger partial charge in [-0.25, -0.2) is 0 Å². The summed E-state index contributed by atoms with van der Waals surface area (Å²) in [6, 6.07) is 17.7. The van der Waals surface area contributed by atoms with E-state index >= 15 is 0 Å². The van der Waals surface area contributed by atoms with Gasteiger partial charge in [-0.1, -0.05) is 65.8 Å². The number of rotatable bonds is 6. The van der Waals surface area contributed by atoms with Crippen LogP contribution in [0.15, 0.2) is 65.2 Å². The average Bonchev–Trinajstić information content (AvgIpc) is 2.78. The van der Waals surface area contributed by atoms with Crippen molar-refractivity contribution in [1.29, 1.82) is 5.26 Å². The minimum Gasteiger partial charge on any atom is -0.468 e. The molecule has 0 fully saturated rings. The largest absolute Gasteiger partial charge is 0.468 e. The number of methoxy groups -OCH3 is 1. The zero-order chi connectivity index (χ0) is 22.4. The van der Waals surface area contributed by atoms with Crippen LogP contribution in [-0.2, 0) is 19.1 Å². The Bertz CT molecular complexity index is 1080. The molecule has 2 atom stereocenters. The van der Waals surface area contributed by atoms with E-state index < -0.39 is 23.7 Å². The zero-order valence-corrected chi connectivity index (χ0v) is 18.0. The maximum absolute atomic E-state index is 12.7. The fourth-order valence-electron chi connectivity index (χ4n) is 3.23. The van der Waals surface area contributed by atoms with Crippen LogP contribution < -0.4 is 10.6 Å². The van der Waals surface area contributed by atoms with Gasteiger partial charge >= 0.3 is 5.97 Å². The number of halogens is 1. The lowest BCUT2D eigenvalue weighted by Gasteiger charge is -2.30. The minimum atomic E-state index is -1.21. The van der Waals surface area contributed by atoms with E-state index in [0.717, 1.165) is 11.8 Å². The maximum Gasteiger partial charge on any atom is 0.319 e. The standard InChI is InChI=1S/C22H18ClN3O4S/c1-30-22(29)19-18(13-7-3-2-4-8-13)14(11-24)21(26-20(19)28)31-12-17(27)25-16-10-6-5-9-15(16)23/h2-10,18-19H,12H2,1H3,(H,25,27)(H,26,28)/t18-,19-/m0/s1. The van der Waals surface area contributed by atoms with Crippen LogP contribution in [0.5, 0.6) is 0 Å². The molecule has 2 amide bonds. The zero-order valence-electron chi connectivity index (χ0n) is 16.4. The van der Waals surface area contributed by atoms with Gasteiger partial charge in [0.2, 0.25) is 11.8 Å². The lowest BCUT2D eigenvalue weighted by Crippen LogP contribution is -2.44. The van der Waals surface area contributed by atoms with Crippen molar-refractivity contribution in [3.8, 4) is 6.07 Å². The Hall–Kier alpha value is -3.28.